The van der Waals surface area contributed by atoms with Gasteiger partial charge in [0.2, 0.25) is 0 Å². The summed E-state index contributed by atoms with van der Waals surface area (Å²) in [6.07, 6.45) is 1.97. The summed E-state index contributed by atoms with van der Waals surface area (Å²) < 4.78 is 21.4. The van der Waals surface area contributed by atoms with Crippen LogP contribution in [0.1, 0.15) is 16.8 Å². The molecule has 4 rings (SSSR count). The number of aromatic nitrogens is 1. The van der Waals surface area contributed by atoms with Crippen molar-refractivity contribution in [1.29, 1.82) is 0 Å². The van der Waals surface area contributed by atoms with Gasteiger partial charge in [0.15, 0.2) is 0 Å². The molecule has 0 saturated carbocycles. The van der Waals surface area contributed by atoms with Crippen LogP contribution in [0, 0.1) is 5.82 Å². The number of halogens is 2. The lowest BCUT2D eigenvalue weighted by Gasteiger charge is -2.24. The number of aryl methyl sites for hydroxylation is 2. The highest BCUT2D eigenvalue weighted by Crippen LogP contribution is 2.31. The van der Waals surface area contributed by atoms with Gasteiger partial charge in [-0.05, 0) is 54.9 Å². The monoisotopic (exact) mass is 374 g/mol. The third-order valence-corrected chi connectivity index (χ3v) is 5.19. The Hall–Kier alpha value is -2.04. The maximum Gasteiger partial charge on any atom is 0.123 e. The van der Waals surface area contributed by atoms with E-state index in [0.717, 1.165) is 49.1 Å². The van der Waals surface area contributed by atoms with Crippen molar-refractivity contribution in [1.82, 2.24) is 9.47 Å². The fraction of sp³-hybridized carbons (Fsp3) is 0.333. The molecule has 1 aliphatic rings. The Bertz CT molecular complexity index is 905. The van der Waals surface area contributed by atoms with Gasteiger partial charge in [-0.25, -0.2) is 4.39 Å². The number of benzene rings is 2. The SMILES string of the molecule is COc1ccc(CCn2c3c(c4cc(F)ccc42)CN(C)CC3)cc1.Cl. The van der Waals surface area contributed by atoms with Crippen LogP contribution in [0.4, 0.5) is 4.39 Å². The molecule has 0 unspecified atom stereocenters. The van der Waals surface area contributed by atoms with Crippen molar-refractivity contribution in [2.75, 3.05) is 20.7 Å². The number of likely N-dealkylation sites (N-methyl/N-ethyl adjacent to an activating group) is 1. The fourth-order valence-corrected chi connectivity index (χ4v) is 3.85. The molecule has 26 heavy (non-hydrogen) atoms. The van der Waals surface area contributed by atoms with E-state index in [0.29, 0.717) is 0 Å². The summed E-state index contributed by atoms with van der Waals surface area (Å²) in [5, 5.41) is 1.07. The Morgan fingerprint density at radius 1 is 1.12 bits per heavy atom. The van der Waals surface area contributed by atoms with E-state index in [1.807, 2.05) is 18.2 Å². The largest absolute Gasteiger partial charge is 0.497 e. The van der Waals surface area contributed by atoms with Crippen LogP contribution in [-0.2, 0) is 25.9 Å². The van der Waals surface area contributed by atoms with Gasteiger partial charge >= 0.3 is 0 Å². The second-order valence-corrected chi connectivity index (χ2v) is 6.82. The summed E-state index contributed by atoms with van der Waals surface area (Å²) in [7, 11) is 3.81. The molecule has 0 saturated heterocycles. The number of hydrogen-bond donors (Lipinski definition) is 0. The maximum atomic E-state index is 13.8. The van der Waals surface area contributed by atoms with Crippen molar-refractivity contribution < 1.29 is 9.13 Å². The van der Waals surface area contributed by atoms with Gasteiger partial charge in [-0.1, -0.05) is 12.1 Å². The Morgan fingerprint density at radius 3 is 2.62 bits per heavy atom. The first kappa shape index (κ1) is 18.7. The molecule has 138 valence electrons. The molecule has 1 aromatic heterocycles. The Kier molecular flexibility index (Phi) is 5.54. The average Bonchev–Trinajstić information content (AvgIpc) is 2.92. The second kappa shape index (κ2) is 7.68. The van der Waals surface area contributed by atoms with Gasteiger partial charge in [-0.2, -0.15) is 0 Å². The number of nitrogens with zero attached hydrogens (tertiary/aromatic N) is 2. The van der Waals surface area contributed by atoms with E-state index < -0.39 is 0 Å². The van der Waals surface area contributed by atoms with Crippen molar-refractivity contribution in [2.45, 2.75) is 25.9 Å². The van der Waals surface area contributed by atoms with Crippen molar-refractivity contribution in [2.24, 2.45) is 0 Å². The number of rotatable bonds is 4. The van der Waals surface area contributed by atoms with Crippen molar-refractivity contribution >= 4 is 23.3 Å². The quantitative estimate of drug-likeness (QED) is 0.671. The smallest absolute Gasteiger partial charge is 0.123 e. The van der Waals surface area contributed by atoms with Gasteiger partial charge in [0.25, 0.3) is 0 Å². The van der Waals surface area contributed by atoms with Crippen LogP contribution in [0.2, 0.25) is 0 Å². The van der Waals surface area contributed by atoms with Crippen LogP contribution in [0.3, 0.4) is 0 Å². The highest BCUT2D eigenvalue weighted by molar-refractivity contribution is 5.86. The minimum Gasteiger partial charge on any atom is -0.497 e. The summed E-state index contributed by atoms with van der Waals surface area (Å²) in [4.78, 5) is 2.31. The van der Waals surface area contributed by atoms with Crippen LogP contribution < -0.4 is 4.74 Å². The van der Waals surface area contributed by atoms with E-state index in [9.17, 15) is 4.39 Å². The third-order valence-electron chi connectivity index (χ3n) is 5.19. The molecule has 3 nitrogen and oxygen atoms in total. The topological polar surface area (TPSA) is 17.4 Å². The maximum absolute atomic E-state index is 13.8. The molecule has 0 bridgehead atoms. The van der Waals surface area contributed by atoms with Gasteiger partial charge in [0.1, 0.15) is 11.6 Å². The molecule has 0 N–H and O–H groups in total. The first-order valence-corrected chi connectivity index (χ1v) is 8.76. The lowest BCUT2D eigenvalue weighted by Crippen LogP contribution is -2.27. The second-order valence-electron chi connectivity index (χ2n) is 6.82. The first-order chi connectivity index (χ1) is 12.2. The van der Waals surface area contributed by atoms with Crippen LogP contribution in [0.5, 0.6) is 5.75 Å². The number of hydrogen-bond acceptors (Lipinski definition) is 2. The third kappa shape index (κ3) is 3.44. The molecule has 0 radical (unpaired) electrons. The molecule has 0 amide bonds. The van der Waals surface area contributed by atoms with E-state index in [1.54, 1.807) is 19.2 Å². The van der Waals surface area contributed by atoms with Gasteiger partial charge in [-0.3, -0.25) is 0 Å². The predicted molar refractivity (Wildman–Crippen MR) is 106 cm³/mol. The molecule has 5 heteroatoms. The summed E-state index contributed by atoms with van der Waals surface area (Å²) in [6.45, 7) is 2.85. The van der Waals surface area contributed by atoms with Crippen molar-refractivity contribution in [3.63, 3.8) is 0 Å². The fourth-order valence-electron chi connectivity index (χ4n) is 3.85. The molecule has 1 aliphatic heterocycles. The lowest BCUT2D eigenvalue weighted by atomic mass is 10.0. The van der Waals surface area contributed by atoms with Crippen LogP contribution >= 0.6 is 12.4 Å². The highest BCUT2D eigenvalue weighted by Gasteiger charge is 2.22. The minimum atomic E-state index is -0.157. The lowest BCUT2D eigenvalue weighted by molar-refractivity contribution is 0.309. The first-order valence-electron chi connectivity index (χ1n) is 8.76. The Labute approximate surface area is 159 Å². The van der Waals surface area contributed by atoms with E-state index in [1.165, 1.54) is 16.8 Å². The molecule has 2 aromatic carbocycles. The van der Waals surface area contributed by atoms with E-state index in [2.05, 4.69) is 28.6 Å². The van der Waals surface area contributed by atoms with E-state index >= 15 is 0 Å². The normalized spacial score (nSPS) is 14.1. The Balaban J connectivity index is 0.00000196. The number of fused-ring (bicyclic) bond motifs is 3. The van der Waals surface area contributed by atoms with Gasteiger partial charge in [0, 0.05) is 42.7 Å². The molecule has 3 aromatic rings. The summed E-state index contributed by atoms with van der Waals surface area (Å²) in [6, 6.07) is 13.4. The standard InChI is InChI=1S/C21H23FN2O.ClH/c1-23-11-10-21-19(14-23)18-13-16(22)5-8-20(18)24(21)12-9-15-3-6-17(25-2)7-4-15;/h3-8,13H,9-12,14H2,1-2H3;1H. The Morgan fingerprint density at radius 2 is 1.88 bits per heavy atom. The summed E-state index contributed by atoms with van der Waals surface area (Å²) in [5.41, 5.74) is 5.09. The molecule has 0 atom stereocenters. The molecule has 0 aliphatic carbocycles. The molecule has 0 spiro atoms. The van der Waals surface area contributed by atoms with Crippen molar-refractivity contribution in [3.8, 4) is 5.75 Å². The molecule has 0 fully saturated rings. The van der Waals surface area contributed by atoms with Crippen LogP contribution in [0.15, 0.2) is 42.5 Å². The molecule has 2 heterocycles. The van der Waals surface area contributed by atoms with Gasteiger partial charge in [-0.15, -0.1) is 12.4 Å². The summed E-state index contributed by atoms with van der Waals surface area (Å²) >= 11 is 0. The van der Waals surface area contributed by atoms with Crippen LogP contribution in [0.25, 0.3) is 10.9 Å². The number of ether oxygens (including phenoxy) is 1. The zero-order chi connectivity index (χ0) is 17.4. The average molecular weight is 375 g/mol. The van der Waals surface area contributed by atoms with E-state index in [-0.39, 0.29) is 18.2 Å². The summed E-state index contributed by atoms with van der Waals surface area (Å²) in [5.74, 6) is 0.724. The van der Waals surface area contributed by atoms with Crippen LogP contribution in [-0.4, -0.2) is 30.2 Å². The molecular weight excluding hydrogens is 351 g/mol. The zero-order valence-electron chi connectivity index (χ0n) is 15.2. The zero-order valence-corrected chi connectivity index (χ0v) is 16.0. The van der Waals surface area contributed by atoms with Gasteiger partial charge < -0.3 is 14.2 Å². The number of methoxy groups -OCH3 is 1. The highest BCUT2D eigenvalue weighted by atomic mass is 35.5. The molecular formula is C21H24ClFN2O. The predicted octanol–water partition coefficient (Wildman–Crippen LogP) is 4.44. The minimum absolute atomic E-state index is 0. The van der Waals surface area contributed by atoms with Crippen molar-refractivity contribution in [3.05, 3.63) is 65.1 Å². The van der Waals surface area contributed by atoms with E-state index in [4.69, 9.17) is 4.74 Å². The van der Waals surface area contributed by atoms with Gasteiger partial charge in [0.05, 0.1) is 7.11 Å².